The summed E-state index contributed by atoms with van der Waals surface area (Å²) >= 11 is 0. The number of carbonyl (C=O) groups is 2. The van der Waals surface area contributed by atoms with E-state index < -0.39 is 12.1 Å². The van der Waals surface area contributed by atoms with Crippen molar-refractivity contribution in [1.29, 1.82) is 0 Å². The predicted octanol–water partition coefficient (Wildman–Crippen LogP) is 5.01. The van der Waals surface area contributed by atoms with Gasteiger partial charge in [0.05, 0.1) is 11.8 Å². The summed E-state index contributed by atoms with van der Waals surface area (Å²) in [6.45, 7) is 4.15. The first-order valence-electron chi connectivity index (χ1n) is 9.49. The number of Topliss-reactive ketones (excluding diaryl/α,β-unsaturated/α-hetero) is 1. The van der Waals surface area contributed by atoms with E-state index in [4.69, 9.17) is 14.2 Å². The first-order chi connectivity index (χ1) is 14.7. The van der Waals surface area contributed by atoms with E-state index in [2.05, 4.69) is 6.58 Å². The topological polar surface area (TPSA) is 61.8 Å². The SMILES string of the molecule is C=COCCOc1cccc(C(OC(=O)c2ccccc2)C(=O)c2ccccc2)c1. The van der Waals surface area contributed by atoms with Crippen molar-refractivity contribution in [2.45, 2.75) is 6.10 Å². The molecule has 0 spiro atoms. The number of rotatable bonds is 10. The largest absolute Gasteiger partial charge is 0.498 e. The monoisotopic (exact) mass is 402 g/mol. The summed E-state index contributed by atoms with van der Waals surface area (Å²) in [7, 11) is 0. The lowest BCUT2D eigenvalue weighted by Gasteiger charge is -2.18. The molecule has 0 aromatic heterocycles. The van der Waals surface area contributed by atoms with Crippen molar-refractivity contribution in [1.82, 2.24) is 0 Å². The van der Waals surface area contributed by atoms with Gasteiger partial charge < -0.3 is 14.2 Å². The average molecular weight is 402 g/mol. The molecule has 0 heterocycles. The summed E-state index contributed by atoms with van der Waals surface area (Å²) in [4.78, 5) is 25.8. The molecular weight excluding hydrogens is 380 g/mol. The van der Waals surface area contributed by atoms with Crippen LogP contribution < -0.4 is 4.74 Å². The Balaban J connectivity index is 1.86. The lowest BCUT2D eigenvalue weighted by molar-refractivity contribution is 0.0279. The molecule has 0 radical (unpaired) electrons. The molecule has 0 N–H and O–H groups in total. The van der Waals surface area contributed by atoms with Crippen molar-refractivity contribution < 1.29 is 23.8 Å². The first kappa shape index (κ1) is 20.9. The molecule has 0 saturated heterocycles. The summed E-state index contributed by atoms with van der Waals surface area (Å²) in [5, 5.41) is 0. The zero-order valence-corrected chi connectivity index (χ0v) is 16.4. The summed E-state index contributed by atoms with van der Waals surface area (Å²) in [6, 6.07) is 24.3. The maximum atomic E-state index is 13.2. The average Bonchev–Trinajstić information content (AvgIpc) is 2.81. The van der Waals surface area contributed by atoms with Gasteiger partial charge in [-0.3, -0.25) is 4.79 Å². The highest BCUT2D eigenvalue weighted by atomic mass is 16.5. The van der Waals surface area contributed by atoms with Crippen LogP contribution in [0.3, 0.4) is 0 Å². The summed E-state index contributed by atoms with van der Waals surface area (Å²) < 4.78 is 16.4. The fourth-order valence-corrected chi connectivity index (χ4v) is 2.83. The molecule has 5 nitrogen and oxygen atoms in total. The molecule has 0 bridgehead atoms. The molecule has 1 atom stereocenters. The number of hydrogen-bond donors (Lipinski definition) is 0. The van der Waals surface area contributed by atoms with Crippen LogP contribution in [0.4, 0.5) is 0 Å². The van der Waals surface area contributed by atoms with Crippen LogP contribution >= 0.6 is 0 Å². The second-order valence-corrected chi connectivity index (χ2v) is 6.34. The number of ether oxygens (including phenoxy) is 3. The normalized spacial score (nSPS) is 11.2. The van der Waals surface area contributed by atoms with E-state index in [1.807, 2.05) is 6.07 Å². The van der Waals surface area contributed by atoms with Gasteiger partial charge >= 0.3 is 5.97 Å². The number of hydrogen-bond acceptors (Lipinski definition) is 5. The number of benzene rings is 3. The highest BCUT2D eigenvalue weighted by Gasteiger charge is 2.27. The molecule has 5 heteroatoms. The zero-order valence-electron chi connectivity index (χ0n) is 16.4. The van der Waals surface area contributed by atoms with Gasteiger partial charge in [-0.1, -0.05) is 67.2 Å². The van der Waals surface area contributed by atoms with Gasteiger partial charge in [0.15, 0.2) is 6.10 Å². The van der Waals surface area contributed by atoms with Gasteiger partial charge in [0.25, 0.3) is 0 Å². The molecule has 3 aromatic rings. The molecule has 152 valence electrons. The predicted molar refractivity (Wildman–Crippen MR) is 113 cm³/mol. The molecule has 0 aliphatic heterocycles. The molecule has 0 aliphatic carbocycles. The van der Waals surface area contributed by atoms with Crippen LogP contribution in [0.1, 0.15) is 32.4 Å². The van der Waals surface area contributed by atoms with Crippen molar-refractivity contribution in [3.8, 4) is 5.75 Å². The van der Waals surface area contributed by atoms with Crippen LogP contribution in [0.15, 0.2) is 97.8 Å². The van der Waals surface area contributed by atoms with Crippen LogP contribution in [-0.4, -0.2) is 25.0 Å². The Labute approximate surface area is 175 Å². The van der Waals surface area contributed by atoms with Gasteiger partial charge in [-0.25, -0.2) is 4.79 Å². The highest BCUT2D eigenvalue weighted by molar-refractivity contribution is 6.02. The van der Waals surface area contributed by atoms with Gasteiger partial charge in [-0.2, -0.15) is 0 Å². The van der Waals surface area contributed by atoms with Gasteiger partial charge in [0.1, 0.15) is 19.0 Å². The van der Waals surface area contributed by atoms with E-state index in [0.29, 0.717) is 35.7 Å². The smallest absolute Gasteiger partial charge is 0.339 e. The van der Waals surface area contributed by atoms with Crippen molar-refractivity contribution >= 4 is 11.8 Å². The van der Waals surface area contributed by atoms with Gasteiger partial charge in [0, 0.05) is 11.1 Å². The van der Waals surface area contributed by atoms with Crippen molar-refractivity contribution in [2.24, 2.45) is 0 Å². The van der Waals surface area contributed by atoms with E-state index in [-0.39, 0.29) is 5.78 Å². The highest BCUT2D eigenvalue weighted by Crippen LogP contribution is 2.27. The van der Waals surface area contributed by atoms with E-state index in [1.54, 1.807) is 78.9 Å². The molecular formula is C25H22O5. The van der Waals surface area contributed by atoms with Crippen molar-refractivity contribution in [3.63, 3.8) is 0 Å². The summed E-state index contributed by atoms with van der Waals surface area (Å²) in [5.74, 6) is -0.343. The second-order valence-electron chi connectivity index (χ2n) is 6.34. The fourth-order valence-electron chi connectivity index (χ4n) is 2.83. The van der Waals surface area contributed by atoms with Gasteiger partial charge in [-0.15, -0.1) is 0 Å². The van der Waals surface area contributed by atoms with Crippen molar-refractivity contribution in [3.05, 3.63) is 114 Å². The zero-order chi connectivity index (χ0) is 21.2. The number of carbonyl (C=O) groups excluding carboxylic acids is 2. The quantitative estimate of drug-likeness (QED) is 0.207. The molecule has 3 aromatic carbocycles. The Bertz CT molecular complexity index is 983. The molecule has 0 aliphatic rings. The molecule has 1 unspecified atom stereocenters. The molecule has 0 amide bonds. The maximum Gasteiger partial charge on any atom is 0.339 e. The Morgan fingerprint density at radius 2 is 1.50 bits per heavy atom. The van der Waals surface area contributed by atoms with Gasteiger partial charge in [0.2, 0.25) is 5.78 Å². The molecule has 30 heavy (non-hydrogen) atoms. The lowest BCUT2D eigenvalue weighted by atomic mass is 9.99. The Hall–Kier alpha value is -3.86. The van der Waals surface area contributed by atoms with Gasteiger partial charge in [-0.05, 0) is 24.3 Å². The molecule has 0 saturated carbocycles. The van der Waals surface area contributed by atoms with E-state index in [9.17, 15) is 9.59 Å². The van der Waals surface area contributed by atoms with Crippen LogP contribution in [0.2, 0.25) is 0 Å². The minimum Gasteiger partial charge on any atom is -0.498 e. The standard InChI is InChI=1S/C25H22O5/c1-2-28-16-17-29-22-15-9-14-21(18-22)24(23(26)19-10-5-3-6-11-19)30-25(27)20-12-7-4-8-13-20/h2-15,18,24H,1,16-17H2. The Morgan fingerprint density at radius 1 is 0.833 bits per heavy atom. The van der Waals surface area contributed by atoms with Crippen LogP contribution in [0.25, 0.3) is 0 Å². The third-order valence-electron chi connectivity index (χ3n) is 4.28. The minimum atomic E-state index is -1.10. The van der Waals surface area contributed by atoms with Crippen LogP contribution in [0.5, 0.6) is 5.75 Å². The molecule has 0 fully saturated rings. The molecule has 3 rings (SSSR count). The first-order valence-corrected chi connectivity index (χ1v) is 9.49. The van der Waals surface area contributed by atoms with E-state index in [0.717, 1.165) is 0 Å². The second kappa shape index (κ2) is 10.6. The van der Waals surface area contributed by atoms with E-state index >= 15 is 0 Å². The third kappa shape index (κ3) is 5.58. The van der Waals surface area contributed by atoms with E-state index in [1.165, 1.54) is 6.26 Å². The Kier molecular flexibility index (Phi) is 7.39. The number of esters is 1. The van der Waals surface area contributed by atoms with Crippen molar-refractivity contribution in [2.75, 3.05) is 13.2 Å². The summed E-state index contributed by atoms with van der Waals surface area (Å²) in [6.07, 6.45) is 0.241. The third-order valence-corrected chi connectivity index (χ3v) is 4.28. The summed E-state index contributed by atoms with van der Waals surface area (Å²) in [5.41, 5.74) is 1.35. The maximum absolute atomic E-state index is 13.2. The minimum absolute atomic E-state index is 0.313. The fraction of sp³-hybridized carbons (Fsp3) is 0.120. The Morgan fingerprint density at radius 3 is 2.17 bits per heavy atom. The number of ketones is 1. The van der Waals surface area contributed by atoms with Crippen LogP contribution in [-0.2, 0) is 9.47 Å². The lowest BCUT2D eigenvalue weighted by Crippen LogP contribution is -2.20. The van der Waals surface area contributed by atoms with Crippen LogP contribution in [0, 0.1) is 0 Å².